The number of carbonyl (C=O) groups excluding carboxylic acids is 2. The van der Waals surface area contributed by atoms with Gasteiger partial charge in [-0.25, -0.2) is 0 Å². The zero-order chi connectivity index (χ0) is 27.0. The molecular formula is C31H46O7. The van der Waals surface area contributed by atoms with Gasteiger partial charge in [-0.1, -0.05) is 27.7 Å². The van der Waals surface area contributed by atoms with Crippen molar-refractivity contribution < 1.29 is 33.7 Å². The first-order valence-corrected chi connectivity index (χ1v) is 15.2. The summed E-state index contributed by atoms with van der Waals surface area (Å²) in [5, 5.41) is 8.86. The van der Waals surface area contributed by atoms with Crippen molar-refractivity contribution in [2.75, 3.05) is 6.61 Å². The Morgan fingerprint density at radius 1 is 1.03 bits per heavy atom. The van der Waals surface area contributed by atoms with Crippen LogP contribution in [0.25, 0.3) is 0 Å². The van der Waals surface area contributed by atoms with Crippen LogP contribution in [0.4, 0.5) is 0 Å². The van der Waals surface area contributed by atoms with E-state index in [0.29, 0.717) is 41.8 Å². The lowest BCUT2D eigenvalue weighted by molar-refractivity contribution is -0.272. The summed E-state index contributed by atoms with van der Waals surface area (Å²) in [6, 6.07) is 0. The smallest absolute Gasteiger partial charge is 0.306 e. The fourth-order valence-corrected chi connectivity index (χ4v) is 10.5. The number of esters is 1. The molecule has 0 amide bonds. The van der Waals surface area contributed by atoms with Gasteiger partial charge in [0, 0.05) is 30.1 Å². The number of aliphatic carboxylic acids is 1. The van der Waals surface area contributed by atoms with E-state index in [-0.39, 0.29) is 47.7 Å². The van der Waals surface area contributed by atoms with E-state index in [2.05, 4.69) is 27.7 Å². The van der Waals surface area contributed by atoms with E-state index in [0.717, 1.165) is 58.0 Å². The second kappa shape index (κ2) is 9.29. The molecule has 1 N–H and O–H groups in total. The summed E-state index contributed by atoms with van der Waals surface area (Å²) in [5.74, 6) is 1.32. The number of hydrogen-bond acceptors (Lipinski definition) is 6. The molecule has 0 aromatic heterocycles. The number of rotatable bonds is 4. The molecule has 0 aromatic carbocycles. The summed E-state index contributed by atoms with van der Waals surface area (Å²) >= 11 is 0. The Morgan fingerprint density at radius 3 is 2.53 bits per heavy atom. The zero-order valence-corrected chi connectivity index (χ0v) is 23.6. The normalized spacial score (nSPS) is 51.6. The first-order chi connectivity index (χ1) is 18.0. The predicted octanol–water partition coefficient (Wildman–Crippen LogP) is 5.39. The zero-order valence-electron chi connectivity index (χ0n) is 23.6. The molecule has 7 nitrogen and oxygen atoms in total. The number of Topliss-reactive ketones (excluding diaryl/α,β-unsaturated/α-hetero) is 1. The molecule has 4 saturated carbocycles. The molecule has 2 heterocycles. The minimum absolute atomic E-state index is 0.0680. The summed E-state index contributed by atoms with van der Waals surface area (Å²) in [6.07, 6.45) is 8.25. The van der Waals surface area contributed by atoms with Gasteiger partial charge in [0.25, 0.3) is 0 Å². The van der Waals surface area contributed by atoms with E-state index in [1.165, 1.54) is 0 Å². The predicted molar refractivity (Wildman–Crippen MR) is 139 cm³/mol. The summed E-state index contributed by atoms with van der Waals surface area (Å²) in [7, 11) is 0. The molecule has 38 heavy (non-hydrogen) atoms. The molecule has 0 bridgehead atoms. The van der Waals surface area contributed by atoms with Gasteiger partial charge in [-0.15, -0.1) is 0 Å². The lowest BCUT2D eigenvalue weighted by atomic mass is 9.44. The van der Waals surface area contributed by atoms with Crippen molar-refractivity contribution in [2.45, 2.75) is 116 Å². The van der Waals surface area contributed by atoms with E-state index >= 15 is 0 Å². The molecule has 0 aromatic rings. The Bertz CT molecular complexity index is 985. The first kappa shape index (κ1) is 26.7. The topological polar surface area (TPSA) is 99.1 Å². The minimum Gasteiger partial charge on any atom is -0.481 e. The molecule has 6 fully saturated rings. The van der Waals surface area contributed by atoms with Gasteiger partial charge < -0.3 is 19.3 Å². The fraction of sp³-hybridized carbons (Fsp3) is 0.903. The van der Waals surface area contributed by atoms with Crippen LogP contribution in [-0.2, 0) is 28.6 Å². The van der Waals surface area contributed by atoms with Gasteiger partial charge >= 0.3 is 11.9 Å². The molecule has 2 aliphatic heterocycles. The first-order valence-electron chi connectivity index (χ1n) is 15.2. The van der Waals surface area contributed by atoms with Gasteiger partial charge in [0.1, 0.15) is 11.9 Å². The molecule has 0 radical (unpaired) electrons. The van der Waals surface area contributed by atoms with Gasteiger partial charge in [0.2, 0.25) is 0 Å². The maximum Gasteiger partial charge on any atom is 0.306 e. The highest BCUT2D eigenvalue weighted by Crippen LogP contribution is 2.70. The van der Waals surface area contributed by atoms with Crippen LogP contribution >= 0.6 is 0 Å². The average molecular weight is 531 g/mol. The van der Waals surface area contributed by atoms with Crippen LogP contribution in [0.3, 0.4) is 0 Å². The number of carbonyl (C=O) groups is 3. The van der Waals surface area contributed by atoms with Gasteiger partial charge in [0.05, 0.1) is 25.6 Å². The molecule has 0 unspecified atom stereocenters. The lowest BCUT2D eigenvalue weighted by Crippen LogP contribution is -2.58. The van der Waals surface area contributed by atoms with Crippen LogP contribution in [0.15, 0.2) is 0 Å². The molecule has 6 aliphatic rings. The van der Waals surface area contributed by atoms with E-state index in [4.69, 9.17) is 19.3 Å². The van der Waals surface area contributed by atoms with Crippen molar-refractivity contribution in [3.8, 4) is 0 Å². The van der Waals surface area contributed by atoms with Crippen molar-refractivity contribution >= 4 is 17.7 Å². The molecular weight excluding hydrogens is 484 g/mol. The van der Waals surface area contributed by atoms with Gasteiger partial charge in [-0.2, -0.15) is 0 Å². The van der Waals surface area contributed by atoms with Crippen LogP contribution in [0.1, 0.15) is 98.3 Å². The maximum atomic E-state index is 14.2. The summed E-state index contributed by atoms with van der Waals surface area (Å²) in [6.45, 7) is 9.94. The average Bonchev–Trinajstić information content (AvgIpc) is 3.32. The molecule has 7 heteroatoms. The van der Waals surface area contributed by atoms with Crippen LogP contribution in [-0.4, -0.2) is 47.4 Å². The molecule has 12 atom stereocenters. The van der Waals surface area contributed by atoms with Crippen molar-refractivity contribution in [3.05, 3.63) is 0 Å². The van der Waals surface area contributed by atoms with Crippen molar-refractivity contribution in [1.82, 2.24) is 0 Å². The molecule has 1 spiro atoms. The quantitative estimate of drug-likeness (QED) is 0.487. The number of carboxylic acids is 1. The van der Waals surface area contributed by atoms with E-state index in [9.17, 15) is 14.4 Å². The Balaban J connectivity index is 1.17. The van der Waals surface area contributed by atoms with Crippen molar-refractivity contribution in [1.29, 1.82) is 0 Å². The highest BCUT2D eigenvalue weighted by Gasteiger charge is 2.71. The standard InChI is InChI=1S/C31H46O7/c1-17-9-12-31(36-16-17)18(2)28-24(38-31)14-23-21-6-5-19-13-20(37-27(35)8-7-26(33)34)10-11-29(19,3)22(21)15-25(32)30(23,28)4/h17-24,28H,5-16H2,1-4H3,(H,33,34)/t17-,18+,19+,20-,21-,22+,23-,24+,28+,29+,30-,31-/m1/s1. The number of hydrogen-bond donors (Lipinski definition) is 1. The number of ketones is 1. The van der Waals surface area contributed by atoms with Crippen molar-refractivity contribution in [3.63, 3.8) is 0 Å². The van der Waals surface area contributed by atoms with E-state index in [1.54, 1.807) is 0 Å². The van der Waals surface area contributed by atoms with Crippen LogP contribution < -0.4 is 0 Å². The van der Waals surface area contributed by atoms with Gasteiger partial charge in [0.15, 0.2) is 5.79 Å². The molecule has 6 rings (SSSR count). The summed E-state index contributed by atoms with van der Waals surface area (Å²) in [4.78, 5) is 37.2. The second-order valence-corrected chi connectivity index (χ2v) is 14.3. The molecule has 2 saturated heterocycles. The molecule has 4 aliphatic carbocycles. The SMILES string of the molecule is C[C@@H]1CC[C@@]2(OC1)O[C@H]1C[C@@H]3[C@@H]4CC[C@H]5C[C@H](OC(=O)CCC(=O)O)CC[C@]5(C)[C@H]4CC(=O)[C@]3(C)[C@H]1[C@@H]2C. The van der Waals surface area contributed by atoms with Crippen LogP contribution in [0.5, 0.6) is 0 Å². The third-order valence-corrected chi connectivity index (χ3v) is 12.6. The third kappa shape index (κ3) is 3.92. The fourth-order valence-electron chi connectivity index (χ4n) is 10.5. The highest BCUT2D eigenvalue weighted by atomic mass is 16.7. The maximum absolute atomic E-state index is 14.2. The van der Waals surface area contributed by atoms with E-state index in [1.807, 2.05) is 0 Å². The Kier molecular flexibility index (Phi) is 6.54. The summed E-state index contributed by atoms with van der Waals surface area (Å²) in [5.41, 5.74) is -0.251. The Labute approximate surface area is 226 Å². The lowest BCUT2D eigenvalue weighted by Gasteiger charge is -2.60. The number of ether oxygens (including phenoxy) is 3. The van der Waals surface area contributed by atoms with E-state index < -0.39 is 17.7 Å². The minimum atomic E-state index is -0.975. The number of carboxylic acid groups (broad SMARTS) is 1. The molecule has 212 valence electrons. The summed E-state index contributed by atoms with van der Waals surface area (Å²) < 4.78 is 18.9. The monoisotopic (exact) mass is 530 g/mol. The Hall–Kier alpha value is -1.47. The Morgan fingerprint density at radius 2 is 1.82 bits per heavy atom. The largest absolute Gasteiger partial charge is 0.481 e. The highest BCUT2D eigenvalue weighted by molar-refractivity contribution is 5.87. The van der Waals surface area contributed by atoms with Crippen LogP contribution in [0.2, 0.25) is 0 Å². The third-order valence-electron chi connectivity index (χ3n) is 12.6. The van der Waals surface area contributed by atoms with Crippen LogP contribution in [0, 0.1) is 52.3 Å². The number of fused-ring (bicyclic) bond motifs is 7. The second-order valence-electron chi connectivity index (χ2n) is 14.3. The van der Waals surface area contributed by atoms with Crippen molar-refractivity contribution in [2.24, 2.45) is 52.3 Å². The van der Waals surface area contributed by atoms with Gasteiger partial charge in [-0.05, 0) is 80.0 Å². The van der Waals surface area contributed by atoms with Gasteiger partial charge in [-0.3, -0.25) is 14.4 Å².